The molecule has 3 heteroatoms. The van der Waals surface area contributed by atoms with Gasteiger partial charge < -0.3 is 4.42 Å². The highest BCUT2D eigenvalue weighted by atomic mass is 16.3. The lowest BCUT2D eigenvalue weighted by atomic mass is 9.91. The molecule has 3 N–H and O–H groups in total. The number of hydrogen-bond acceptors (Lipinski definition) is 3. The summed E-state index contributed by atoms with van der Waals surface area (Å²) >= 11 is 0. The Labute approximate surface area is 103 Å². The molecule has 0 fully saturated rings. The van der Waals surface area contributed by atoms with Gasteiger partial charge in [-0.1, -0.05) is 24.5 Å². The van der Waals surface area contributed by atoms with Gasteiger partial charge in [-0.15, -0.1) is 0 Å². The largest absolute Gasteiger partial charge is 0.469 e. The average molecular weight is 234 g/mol. The maximum atomic E-state index is 5.72. The summed E-state index contributed by atoms with van der Waals surface area (Å²) in [6.07, 6.45) is 11.7. The minimum Gasteiger partial charge on any atom is -0.469 e. The molecule has 1 aliphatic rings. The summed E-state index contributed by atoms with van der Waals surface area (Å²) in [7, 11) is 0. The SMILES string of the molecule is Cc1occc1C(NN)/C1=C/CCCCCC1. The van der Waals surface area contributed by atoms with Gasteiger partial charge in [-0.2, -0.15) is 0 Å². The van der Waals surface area contributed by atoms with E-state index in [2.05, 4.69) is 11.5 Å². The van der Waals surface area contributed by atoms with E-state index >= 15 is 0 Å². The quantitative estimate of drug-likeness (QED) is 0.479. The monoisotopic (exact) mass is 234 g/mol. The molecule has 1 unspecified atom stereocenters. The van der Waals surface area contributed by atoms with Gasteiger partial charge in [0.15, 0.2) is 0 Å². The van der Waals surface area contributed by atoms with Crippen molar-refractivity contribution in [3.8, 4) is 0 Å². The smallest absolute Gasteiger partial charge is 0.105 e. The van der Waals surface area contributed by atoms with Crippen molar-refractivity contribution >= 4 is 0 Å². The van der Waals surface area contributed by atoms with Crippen LogP contribution in [0.4, 0.5) is 0 Å². The van der Waals surface area contributed by atoms with E-state index in [1.165, 1.54) is 43.2 Å². The van der Waals surface area contributed by atoms with E-state index < -0.39 is 0 Å². The molecule has 1 aromatic heterocycles. The number of rotatable bonds is 3. The van der Waals surface area contributed by atoms with Crippen molar-refractivity contribution in [2.24, 2.45) is 5.84 Å². The number of hydrazine groups is 1. The first kappa shape index (κ1) is 12.4. The predicted octanol–water partition coefficient (Wildman–Crippen LogP) is 3.37. The highest BCUT2D eigenvalue weighted by Gasteiger charge is 2.19. The van der Waals surface area contributed by atoms with Gasteiger partial charge >= 0.3 is 0 Å². The molecule has 0 radical (unpaired) electrons. The topological polar surface area (TPSA) is 51.2 Å². The summed E-state index contributed by atoms with van der Waals surface area (Å²) in [5.74, 6) is 6.68. The molecule has 0 aliphatic heterocycles. The molecule has 2 rings (SSSR count). The fourth-order valence-electron chi connectivity index (χ4n) is 2.57. The van der Waals surface area contributed by atoms with Crippen LogP contribution in [0.15, 0.2) is 28.4 Å². The summed E-state index contributed by atoms with van der Waals surface area (Å²) in [5, 5.41) is 0. The van der Waals surface area contributed by atoms with Crippen molar-refractivity contribution in [1.29, 1.82) is 0 Å². The highest BCUT2D eigenvalue weighted by molar-refractivity contribution is 5.29. The lowest BCUT2D eigenvalue weighted by Crippen LogP contribution is -2.29. The predicted molar refractivity (Wildman–Crippen MR) is 69.3 cm³/mol. The third-order valence-electron chi connectivity index (χ3n) is 3.57. The van der Waals surface area contributed by atoms with E-state index in [-0.39, 0.29) is 6.04 Å². The second-order valence-electron chi connectivity index (χ2n) is 4.76. The molecule has 1 aliphatic carbocycles. The lowest BCUT2D eigenvalue weighted by molar-refractivity contribution is 0.510. The number of hydrogen-bond donors (Lipinski definition) is 2. The molecular weight excluding hydrogens is 212 g/mol. The number of aryl methyl sites for hydroxylation is 1. The van der Waals surface area contributed by atoms with E-state index in [0.29, 0.717) is 0 Å². The molecule has 1 aromatic rings. The third-order valence-corrected chi connectivity index (χ3v) is 3.57. The van der Waals surface area contributed by atoms with Crippen LogP contribution in [0.3, 0.4) is 0 Å². The second-order valence-corrected chi connectivity index (χ2v) is 4.76. The highest BCUT2D eigenvalue weighted by Crippen LogP contribution is 2.30. The maximum absolute atomic E-state index is 5.72. The standard InChI is InChI=1S/C14H22N2O/c1-11-13(9-10-17-11)14(16-15)12-7-5-3-2-4-6-8-12/h7,9-10,14,16H,2-6,8,15H2,1H3/b12-7+. The van der Waals surface area contributed by atoms with Crippen molar-refractivity contribution in [1.82, 2.24) is 5.43 Å². The van der Waals surface area contributed by atoms with E-state index in [0.717, 1.165) is 12.2 Å². The van der Waals surface area contributed by atoms with Gasteiger partial charge in [0.1, 0.15) is 5.76 Å². The summed E-state index contributed by atoms with van der Waals surface area (Å²) in [4.78, 5) is 0. The van der Waals surface area contributed by atoms with Crippen LogP contribution in [0, 0.1) is 6.92 Å². The molecule has 0 spiro atoms. The second kappa shape index (κ2) is 6.03. The Balaban J connectivity index is 2.19. The van der Waals surface area contributed by atoms with Crippen molar-refractivity contribution < 1.29 is 4.42 Å². The zero-order valence-corrected chi connectivity index (χ0v) is 10.5. The van der Waals surface area contributed by atoms with Crippen LogP contribution in [0.1, 0.15) is 55.9 Å². The van der Waals surface area contributed by atoms with Crippen LogP contribution < -0.4 is 11.3 Å². The van der Waals surface area contributed by atoms with Crippen molar-refractivity contribution in [2.75, 3.05) is 0 Å². The Morgan fingerprint density at radius 2 is 2.12 bits per heavy atom. The van der Waals surface area contributed by atoms with Crippen molar-refractivity contribution in [2.45, 2.75) is 51.5 Å². The van der Waals surface area contributed by atoms with Crippen LogP contribution >= 0.6 is 0 Å². The zero-order valence-electron chi connectivity index (χ0n) is 10.5. The number of nitrogens with two attached hydrogens (primary N) is 1. The number of allylic oxidation sites excluding steroid dienone is 1. The molecule has 3 nitrogen and oxygen atoms in total. The normalized spacial score (nSPS) is 22.4. The van der Waals surface area contributed by atoms with Crippen LogP contribution in [0.25, 0.3) is 0 Å². The lowest BCUT2D eigenvalue weighted by Gasteiger charge is -2.21. The third kappa shape index (κ3) is 2.99. The van der Waals surface area contributed by atoms with Gasteiger partial charge in [0.2, 0.25) is 0 Å². The van der Waals surface area contributed by atoms with E-state index in [9.17, 15) is 0 Å². The van der Waals surface area contributed by atoms with Gasteiger partial charge in [-0.3, -0.25) is 5.84 Å². The molecule has 17 heavy (non-hydrogen) atoms. The minimum absolute atomic E-state index is 0.117. The number of nitrogens with one attached hydrogen (secondary N) is 1. The summed E-state index contributed by atoms with van der Waals surface area (Å²) in [6.45, 7) is 1.99. The molecule has 0 amide bonds. The first-order valence-corrected chi connectivity index (χ1v) is 6.52. The van der Waals surface area contributed by atoms with Crippen LogP contribution in [-0.2, 0) is 0 Å². The van der Waals surface area contributed by atoms with E-state index in [1.807, 2.05) is 13.0 Å². The van der Waals surface area contributed by atoms with Gasteiger partial charge in [-0.25, -0.2) is 5.43 Å². The molecule has 1 heterocycles. The molecule has 0 bridgehead atoms. The molecular formula is C14H22N2O. The van der Waals surface area contributed by atoms with Gasteiger partial charge in [0.25, 0.3) is 0 Å². The Hall–Kier alpha value is -1.06. The maximum Gasteiger partial charge on any atom is 0.105 e. The Morgan fingerprint density at radius 3 is 2.82 bits per heavy atom. The number of furan rings is 1. The Kier molecular flexibility index (Phi) is 4.40. The zero-order chi connectivity index (χ0) is 12.1. The Bertz CT molecular complexity index is 381. The molecule has 0 saturated carbocycles. The molecule has 1 atom stereocenters. The summed E-state index contributed by atoms with van der Waals surface area (Å²) < 4.78 is 5.37. The molecule has 0 aromatic carbocycles. The fraction of sp³-hybridized carbons (Fsp3) is 0.571. The van der Waals surface area contributed by atoms with E-state index in [1.54, 1.807) is 6.26 Å². The van der Waals surface area contributed by atoms with Crippen LogP contribution in [-0.4, -0.2) is 0 Å². The van der Waals surface area contributed by atoms with Gasteiger partial charge in [-0.05, 0) is 38.7 Å². The van der Waals surface area contributed by atoms with Crippen molar-refractivity contribution in [3.05, 3.63) is 35.3 Å². The summed E-state index contributed by atoms with van der Waals surface area (Å²) in [6, 6.07) is 2.13. The average Bonchev–Trinajstić information content (AvgIpc) is 2.69. The molecule has 0 saturated heterocycles. The first-order valence-electron chi connectivity index (χ1n) is 6.52. The minimum atomic E-state index is 0.117. The Morgan fingerprint density at radius 1 is 1.29 bits per heavy atom. The van der Waals surface area contributed by atoms with Gasteiger partial charge in [0, 0.05) is 5.56 Å². The van der Waals surface area contributed by atoms with Gasteiger partial charge in [0.05, 0.1) is 12.3 Å². The molecule has 94 valence electrons. The van der Waals surface area contributed by atoms with Crippen LogP contribution in [0.2, 0.25) is 0 Å². The fourth-order valence-corrected chi connectivity index (χ4v) is 2.57. The van der Waals surface area contributed by atoms with E-state index in [4.69, 9.17) is 10.3 Å². The van der Waals surface area contributed by atoms with Crippen molar-refractivity contribution in [3.63, 3.8) is 0 Å². The van der Waals surface area contributed by atoms with Crippen LogP contribution in [0.5, 0.6) is 0 Å². The summed E-state index contributed by atoms with van der Waals surface area (Å²) in [5.41, 5.74) is 5.51. The first-order chi connectivity index (χ1) is 8.33.